The molecule has 4 aromatic carbocycles. The normalized spacial score (nSPS) is 11.3. The maximum absolute atomic E-state index is 11.7. The maximum atomic E-state index is 11.7. The van der Waals surface area contributed by atoms with Crippen LogP contribution in [0.25, 0.3) is 33.2 Å². The molecule has 0 aliphatic heterocycles. The highest BCUT2D eigenvalue weighted by molar-refractivity contribution is 14.1. The maximum Gasteiger partial charge on any atom is 0.347 e. The van der Waals surface area contributed by atoms with Gasteiger partial charge in [-0.15, -0.1) is 6.42 Å². The van der Waals surface area contributed by atoms with Crippen LogP contribution in [0.3, 0.4) is 0 Å². The van der Waals surface area contributed by atoms with Crippen LogP contribution in [0.5, 0.6) is 0 Å². The molecule has 0 bridgehead atoms. The molecule has 2 unspecified atom stereocenters. The molecule has 6 N–H and O–H groups in total. The van der Waals surface area contributed by atoms with Crippen LogP contribution in [0, 0.1) is 27.8 Å². The Morgan fingerprint density at radius 3 is 1.67 bits per heavy atom. The summed E-state index contributed by atoms with van der Waals surface area (Å²) in [5.74, 6) is 4.34. The number of ether oxygens (including phenoxy) is 2. The molecule has 0 spiro atoms. The molecule has 2 atom stereocenters. The minimum atomic E-state index is -1.51. The molecule has 0 saturated carbocycles. The first-order valence-corrected chi connectivity index (χ1v) is 17.6. The van der Waals surface area contributed by atoms with Gasteiger partial charge in [0.15, 0.2) is 11.4 Å². The first-order valence-electron chi connectivity index (χ1n) is 16.5. The molecule has 15 heteroatoms. The number of aromatic nitrogens is 4. The highest BCUT2D eigenvalue weighted by Crippen LogP contribution is 2.24. The van der Waals surface area contributed by atoms with E-state index in [0.29, 0.717) is 22.3 Å². The fourth-order valence-electron chi connectivity index (χ4n) is 4.93. The standard InChI is InChI=1S/C20H17N3O4.C14H10IN3O.C6H8O3/c1-2-27-20(26)17(24)11-10-13-6-5-7-14(12-13)23-16-9-4-3-8-15(16)18(22-23)19(21)25;15-9-4-3-5-10(8-9)18-12-7-2-1-6-11(12)13(17-18)14(16)19;1-3-5(7)6(8)9-4-2/h3-9,12,17,24H,2H2,1H3,(H2,21,25);1-8H,(H2,16,19);1,5,7H,4H2,2H3. The Morgan fingerprint density at radius 2 is 1.20 bits per heavy atom. The summed E-state index contributed by atoms with van der Waals surface area (Å²) in [6, 6.07) is 29.8. The van der Waals surface area contributed by atoms with Gasteiger partial charge in [0.2, 0.25) is 12.2 Å². The zero-order valence-corrected chi connectivity index (χ0v) is 31.7. The van der Waals surface area contributed by atoms with E-state index in [4.69, 9.17) is 27.7 Å². The van der Waals surface area contributed by atoms with E-state index in [1.54, 1.807) is 59.6 Å². The van der Waals surface area contributed by atoms with Crippen molar-refractivity contribution in [2.45, 2.75) is 26.1 Å². The fraction of sp³-hybridized carbons (Fsp3) is 0.150. The van der Waals surface area contributed by atoms with Crippen LogP contribution in [0.4, 0.5) is 0 Å². The van der Waals surface area contributed by atoms with Crippen LogP contribution in [0.15, 0.2) is 97.1 Å². The van der Waals surface area contributed by atoms with Crippen LogP contribution in [-0.4, -0.2) is 78.9 Å². The summed E-state index contributed by atoms with van der Waals surface area (Å²) in [4.78, 5) is 44.9. The lowest BCUT2D eigenvalue weighted by atomic mass is 10.2. The number of primary amides is 2. The third-order valence-corrected chi connectivity index (χ3v) is 7.99. The number of nitrogens with zero attached hydrogens (tertiary/aromatic N) is 4. The van der Waals surface area contributed by atoms with E-state index in [2.05, 4.69) is 49.4 Å². The SMILES string of the molecule is C#CC(O)C(=O)OCC.CCOC(=O)C(O)C#Cc1cccc(-n2nc(C(N)=O)c3ccccc32)c1.NC(=O)c1nn(-c2cccc(I)c2)c2ccccc12. The van der Waals surface area contributed by atoms with Gasteiger partial charge >= 0.3 is 11.9 Å². The van der Waals surface area contributed by atoms with Gasteiger partial charge in [-0.05, 0) is 85.0 Å². The van der Waals surface area contributed by atoms with Crippen molar-refractivity contribution < 1.29 is 38.9 Å². The van der Waals surface area contributed by atoms with E-state index in [1.807, 2.05) is 66.6 Å². The number of benzene rings is 4. The Morgan fingerprint density at radius 1 is 0.727 bits per heavy atom. The van der Waals surface area contributed by atoms with E-state index >= 15 is 0 Å². The Hall–Kier alpha value is -6.53. The van der Waals surface area contributed by atoms with Crippen molar-refractivity contribution in [2.75, 3.05) is 13.2 Å². The van der Waals surface area contributed by atoms with E-state index in [0.717, 1.165) is 25.7 Å². The Kier molecular flexibility index (Phi) is 14.6. The van der Waals surface area contributed by atoms with Crippen LogP contribution < -0.4 is 11.5 Å². The second kappa shape index (κ2) is 19.5. The van der Waals surface area contributed by atoms with Crippen molar-refractivity contribution in [2.24, 2.45) is 11.5 Å². The number of aliphatic hydroxyl groups excluding tert-OH is 2. The van der Waals surface area contributed by atoms with Gasteiger partial charge < -0.3 is 31.2 Å². The molecule has 0 saturated heterocycles. The number of hydrogen-bond acceptors (Lipinski definition) is 10. The van der Waals surface area contributed by atoms with Crippen molar-refractivity contribution in [1.82, 2.24) is 19.6 Å². The van der Waals surface area contributed by atoms with Crippen molar-refractivity contribution in [3.63, 3.8) is 0 Å². The highest BCUT2D eigenvalue weighted by atomic mass is 127. The Balaban J connectivity index is 0.000000208. The third-order valence-electron chi connectivity index (χ3n) is 7.32. The third kappa shape index (κ3) is 10.5. The lowest BCUT2D eigenvalue weighted by Gasteiger charge is -2.04. The van der Waals surface area contributed by atoms with Gasteiger partial charge in [0.05, 0.1) is 35.6 Å². The summed E-state index contributed by atoms with van der Waals surface area (Å²) in [5, 5.41) is 28.3. The number of fused-ring (bicyclic) bond motifs is 2. The predicted octanol–water partition coefficient (Wildman–Crippen LogP) is 3.67. The predicted molar refractivity (Wildman–Crippen MR) is 213 cm³/mol. The number of carbonyl (C=O) groups is 4. The average Bonchev–Trinajstić information content (AvgIpc) is 3.78. The number of hydrogen-bond donors (Lipinski definition) is 4. The summed E-state index contributed by atoms with van der Waals surface area (Å²) in [6.07, 6.45) is 1.78. The molecular formula is C40H35IN6O8. The van der Waals surface area contributed by atoms with Crippen LogP contribution in [0.1, 0.15) is 40.4 Å². The summed E-state index contributed by atoms with van der Waals surface area (Å²) >= 11 is 2.24. The number of para-hydroxylation sites is 2. The van der Waals surface area contributed by atoms with Crippen molar-refractivity contribution in [3.8, 4) is 35.6 Å². The average molecular weight is 855 g/mol. The highest BCUT2D eigenvalue weighted by Gasteiger charge is 2.17. The number of amides is 2. The minimum absolute atomic E-state index is 0.168. The monoisotopic (exact) mass is 854 g/mol. The number of nitrogens with two attached hydrogens (primary N) is 2. The zero-order chi connectivity index (χ0) is 40.1. The fourth-order valence-corrected chi connectivity index (χ4v) is 5.46. The second-order valence-electron chi connectivity index (χ2n) is 11.1. The Bertz CT molecular complexity index is 2460. The van der Waals surface area contributed by atoms with Crippen LogP contribution >= 0.6 is 22.6 Å². The van der Waals surface area contributed by atoms with Crippen LogP contribution in [0.2, 0.25) is 0 Å². The molecule has 6 aromatic rings. The summed E-state index contributed by atoms with van der Waals surface area (Å²) in [6.45, 7) is 3.69. The van der Waals surface area contributed by atoms with Crippen molar-refractivity contribution in [3.05, 3.63) is 118 Å². The van der Waals surface area contributed by atoms with E-state index in [1.165, 1.54) is 0 Å². The van der Waals surface area contributed by atoms with Crippen molar-refractivity contribution >= 4 is 68.1 Å². The largest absolute Gasteiger partial charge is 0.463 e. The first kappa shape index (κ1) is 41.2. The van der Waals surface area contributed by atoms with Gasteiger partial charge in [0.1, 0.15) is 0 Å². The molecule has 0 radical (unpaired) electrons. The van der Waals surface area contributed by atoms with E-state index < -0.39 is 36.0 Å². The van der Waals surface area contributed by atoms with Crippen molar-refractivity contribution in [1.29, 1.82) is 0 Å². The molecule has 14 nitrogen and oxygen atoms in total. The zero-order valence-electron chi connectivity index (χ0n) is 29.5. The topological polar surface area (TPSA) is 215 Å². The second-order valence-corrected chi connectivity index (χ2v) is 12.3. The molecule has 2 heterocycles. The van der Waals surface area contributed by atoms with Gasteiger partial charge in [-0.3, -0.25) is 9.59 Å². The summed E-state index contributed by atoms with van der Waals surface area (Å²) in [7, 11) is 0. The van der Waals surface area contributed by atoms with E-state index in [9.17, 15) is 24.3 Å². The van der Waals surface area contributed by atoms with Gasteiger partial charge in [-0.25, -0.2) is 19.0 Å². The quantitative estimate of drug-likeness (QED) is 0.0991. The molecule has 55 heavy (non-hydrogen) atoms. The first-order chi connectivity index (χ1) is 26.4. The van der Waals surface area contributed by atoms with Gasteiger partial charge in [0, 0.05) is 19.9 Å². The molecule has 280 valence electrons. The lowest BCUT2D eigenvalue weighted by Crippen LogP contribution is -2.21. The van der Waals surface area contributed by atoms with Crippen LogP contribution in [-0.2, 0) is 19.1 Å². The summed E-state index contributed by atoms with van der Waals surface area (Å²) < 4.78 is 13.5. The molecular weight excluding hydrogens is 819 g/mol. The number of terminal acetylenes is 1. The Labute approximate surface area is 329 Å². The minimum Gasteiger partial charge on any atom is -0.463 e. The molecule has 6 rings (SSSR count). The van der Waals surface area contributed by atoms with E-state index in [-0.39, 0.29) is 18.9 Å². The molecule has 0 aliphatic carbocycles. The molecule has 2 amide bonds. The van der Waals surface area contributed by atoms with Gasteiger partial charge in [-0.1, -0.05) is 66.3 Å². The molecule has 0 fully saturated rings. The molecule has 2 aromatic heterocycles. The molecule has 0 aliphatic rings. The lowest BCUT2D eigenvalue weighted by molar-refractivity contribution is -0.150. The number of aliphatic hydroxyl groups is 2. The number of esters is 2. The summed E-state index contributed by atoms with van der Waals surface area (Å²) in [5.41, 5.74) is 15.0. The number of rotatable bonds is 8. The van der Waals surface area contributed by atoms with Gasteiger partial charge in [-0.2, -0.15) is 10.2 Å². The number of carbonyl (C=O) groups excluding carboxylic acids is 4. The smallest absolute Gasteiger partial charge is 0.347 e. The number of halogens is 1. The van der Waals surface area contributed by atoms with Gasteiger partial charge in [0.25, 0.3) is 11.8 Å².